The summed E-state index contributed by atoms with van der Waals surface area (Å²) in [6.07, 6.45) is 3.22. The van der Waals surface area contributed by atoms with Crippen molar-refractivity contribution >= 4 is 36.1 Å². The van der Waals surface area contributed by atoms with Gasteiger partial charge in [-0.25, -0.2) is 0 Å². The molecule has 0 fully saturated rings. The van der Waals surface area contributed by atoms with E-state index in [0.29, 0.717) is 5.46 Å². The second kappa shape index (κ2) is 2.02. The Bertz CT molecular complexity index is 358. The summed E-state index contributed by atoms with van der Waals surface area (Å²) in [5.74, 6) is 0. The Morgan fingerprint density at radius 1 is 1.30 bits per heavy atom. The van der Waals surface area contributed by atoms with Gasteiger partial charge in [-0.05, 0) is 0 Å². The standard InChI is InChI=1S/C5H2BN3S/c6-3-1-7-2-4-5(3)9-10-8-4/h1-2H. The van der Waals surface area contributed by atoms with Gasteiger partial charge in [-0.1, -0.05) is 5.46 Å². The first-order chi connectivity index (χ1) is 4.88. The normalized spacial score (nSPS) is 10.4. The van der Waals surface area contributed by atoms with Crippen LogP contribution in [-0.2, 0) is 0 Å². The van der Waals surface area contributed by atoms with Crippen molar-refractivity contribution in [3.63, 3.8) is 0 Å². The van der Waals surface area contributed by atoms with Gasteiger partial charge in [0.15, 0.2) is 0 Å². The van der Waals surface area contributed by atoms with Crippen LogP contribution in [0.5, 0.6) is 0 Å². The highest BCUT2D eigenvalue weighted by Gasteiger charge is 1.98. The Morgan fingerprint density at radius 2 is 2.20 bits per heavy atom. The van der Waals surface area contributed by atoms with E-state index in [1.54, 1.807) is 12.4 Å². The zero-order chi connectivity index (χ0) is 6.97. The zero-order valence-corrected chi connectivity index (χ0v) is 5.80. The van der Waals surface area contributed by atoms with Crippen molar-refractivity contribution in [1.29, 1.82) is 0 Å². The van der Waals surface area contributed by atoms with E-state index in [1.807, 2.05) is 0 Å². The van der Waals surface area contributed by atoms with E-state index in [-0.39, 0.29) is 0 Å². The highest BCUT2D eigenvalue weighted by molar-refractivity contribution is 7.00. The summed E-state index contributed by atoms with van der Waals surface area (Å²) in [6, 6.07) is 0. The molecule has 0 aromatic carbocycles. The molecular formula is C5H2BN3S. The lowest BCUT2D eigenvalue weighted by Crippen LogP contribution is -2.03. The summed E-state index contributed by atoms with van der Waals surface area (Å²) in [7, 11) is 5.54. The molecule has 0 aliphatic rings. The number of hydrogen-bond acceptors (Lipinski definition) is 4. The van der Waals surface area contributed by atoms with E-state index in [2.05, 4.69) is 13.7 Å². The van der Waals surface area contributed by atoms with Gasteiger partial charge < -0.3 is 0 Å². The van der Waals surface area contributed by atoms with Crippen LogP contribution in [0.15, 0.2) is 12.4 Å². The number of hydrogen-bond donors (Lipinski definition) is 0. The SMILES string of the molecule is [B]c1cncc2nsnc12. The molecule has 0 N–H and O–H groups in total. The average molecular weight is 147 g/mol. The Labute approximate surface area is 62.8 Å². The van der Waals surface area contributed by atoms with Gasteiger partial charge >= 0.3 is 0 Å². The maximum absolute atomic E-state index is 5.54. The van der Waals surface area contributed by atoms with Crippen LogP contribution in [0, 0.1) is 0 Å². The van der Waals surface area contributed by atoms with E-state index in [0.717, 1.165) is 22.8 Å². The van der Waals surface area contributed by atoms with Crippen LogP contribution in [0.25, 0.3) is 11.0 Å². The molecule has 0 aliphatic carbocycles. The number of rotatable bonds is 0. The first kappa shape index (κ1) is 5.79. The minimum atomic E-state index is 0.589. The third kappa shape index (κ3) is 0.707. The van der Waals surface area contributed by atoms with Gasteiger partial charge in [-0.3, -0.25) is 4.98 Å². The van der Waals surface area contributed by atoms with Crippen LogP contribution in [-0.4, -0.2) is 21.6 Å². The third-order valence-corrected chi connectivity index (χ3v) is 1.74. The summed E-state index contributed by atoms with van der Waals surface area (Å²) >= 11 is 1.15. The molecule has 46 valence electrons. The molecule has 0 saturated heterocycles. The van der Waals surface area contributed by atoms with Crippen LogP contribution in [0.3, 0.4) is 0 Å². The van der Waals surface area contributed by atoms with Gasteiger partial charge in [-0.2, -0.15) is 8.75 Å². The number of fused-ring (bicyclic) bond motifs is 1. The van der Waals surface area contributed by atoms with Crippen molar-refractivity contribution in [3.8, 4) is 0 Å². The van der Waals surface area contributed by atoms with E-state index in [4.69, 9.17) is 7.85 Å². The smallest absolute Gasteiger partial charge is 0.122 e. The fourth-order valence-corrected chi connectivity index (χ4v) is 1.27. The van der Waals surface area contributed by atoms with Crippen LogP contribution < -0.4 is 5.46 Å². The van der Waals surface area contributed by atoms with E-state index in [1.165, 1.54) is 0 Å². The zero-order valence-electron chi connectivity index (χ0n) is 4.98. The largest absolute Gasteiger partial charge is 0.263 e. The van der Waals surface area contributed by atoms with Crippen molar-refractivity contribution in [2.45, 2.75) is 0 Å². The molecule has 2 radical (unpaired) electrons. The van der Waals surface area contributed by atoms with E-state index < -0.39 is 0 Å². The summed E-state index contributed by atoms with van der Waals surface area (Å²) in [5.41, 5.74) is 2.11. The summed E-state index contributed by atoms with van der Waals surface area (Å²) in [4.78, 5) is 3.86. The molecule has 0 saturated carbocycles. The van der Waals surface area contributed by atoms with E-state index >= 15 is 0 Å². The second-order valence-corrected chi connectivity index (χ2v) is 2.39. The summed E-state index contributed by atoms with van der Waals surface area (Å²) in [6.45, 7) is 0. The fraction of sp³-hybridized carbons (Fsp3) is 0. The predicted molar refractivity (Wildman–Crippen MR) is 40.6 cm³/mol. The Balaban J connectivity index is 2.95. The first-order valence-electron chi connectivity index (χ1n) is 2.69. The van der Waals surface area contributed by atoms with Crippen LogP contribution >= 0.6 is 11.7 Å². The number of pyridine rings is 1. The molecule has 0 atom stereocenters. The minimum Gasteiger partial charge on any atom is -0.263 e. The van der Waals surface area contributed by atoms with Crippen LogP contribution in [0.2, 0.25) is 0 Å². The first-order valence-corrected chi connectivity index (χ1v) is 3.43. The maximum Gasteiger partial charge on any atom is 0.122 e. The molecule has 2 aromatic heterocycles. The minimum absolute atomic E-state index is 0.589. The van der Waals surface area contributed by atoms with Crippen molar-refractivity contribution in [2.24, 2.45) is 0 Å². The molecule has 10 heavy (non-hydrogen) atoms. The number of nitrogens with zero attached hydrogens (tertiary/aromatic N) is 3. The second-order valence-electron chi connectivity index (χ2n) is 1.86. The summed E-state index contributed by atoms with van der Waals surface area (Å²) in [5, 5.41) is 0. The van der Waals surface area contributed by atoms with Gasteiger partial charge in [0.2, 0.25) is 0 Å². The van der Waals surface area contributed by atoms with Crippen molar-refractivity contribution < 1.29 is 0 Å². The van der Waals surface area contributed by atoms with Gasteiger partial charge in [0.05, 0.1) is 17.9 Å². The molecular weight excluding hydrogens is 145 g/mol. The molecule has 5 heteroatoms. The van der Waals surface area contributed by atoms with E-state index in [9.17, 15) is 0 Å². The molecule has 2 rings (SSSR count). The van der Waals surface area contributed by atoms with Crippen molar-refractivity contribution in [3.05, 3.63) is 12.4 Å². The molecule has 0 bridgehead atoms. The third-order valence-electron chi connectivity index (χ3n) is 1.20. The molecule has 0 amide bonds. The highest BCUT2D eigenvalue weighted by atomic mass is 32.1. The quantitative estimate of drug-likeness (QED) is 0.487. The number of aromatic nitrogens is 3. The molecule has 0 spiro atoms. The molecule has 3 nitrogen and oxygen atoms in total. The Hall–Kier alpha value is -0.965. The van der Waals surface area contributed by atoms with Crippen molar-refractivity contribution in [2.75, 3.05) is 0 Å². The van der Waals surface area contributed by atoms with Gasteiger partial charge in [0, 0.05) is 6.20 Å². The molecule has 0 aliphatic heterocycles. The fourth-order valence-electron chi connectivity index (χ4n) is 0.730. The predicted octanol–water partition coefficient (Wildman–Crippen LogP) is -0.120. The molecule has 2 aromatic rings. The highest BCUT2D eigenvalue weighted by Crippen LogP contribution is 2.04. The van der Waals surface area contributed by atoms with Gasteiger partial charge in [-0.15, -0.1) is 0 Å². The lowest BCUT2D eigenvalue weighted by molar-refractivity contribution is 1.36. The average Bonchev–Trinajstić information content (AvgIpc) is 2.36. The lowest BCUT2D eigenvalue weighted by Gasteiger charge is -1.88. The Morgan fingerprint density at radius 3 is 3.00 bits per heavy atom. The van der Waals surface area contributed by atoms with Gasteiger partial charge in [0.1, 0.15) is 18.9 Å². The lowest BCUT2D eigenvalue weighted by atomic mass is 9.97. The van der Waals surface area contributed by atoms with Gasteiger partial charge in [0.25, 0.3) is 0 Å². The van der Waals surface area contributed by atoms with Crippen molar-refractivity contribution in [1.82, 2.24) is 13.7 Å². The molecule has 2 heterocycles. The Kier molecular flexibility index (Phi) is 1.17. The summed E-state index contributed by atoms with van der Waals surface area (Å²) < 4.78 is 7.95. The maximum atomic E-state index is 5.54. The van der Waals surface area contributed by atoms with Crippen LogP contribution in [0.4, 0.5) is 0 Å². The molecule has 0 unspecified atom stereocenters. The van der Waals surface area contributed by atoms with Crippen LogP contribution in [0.1, 0.15) is 0 Å². The topological polar surface area (TPSA) is 38.7 Å². The monoisotopic (exact) mass is 147 g/mol.